The van der Waals surface area contributed by atoms with Crippen molar-refractivity contribution in [1.29, 1.82) is 5.26 Å². The quantitative estimate of drug-likeness (QED) is 0.887. The molecule has 3 nitrogen and oxygen atoms in total. The molecule has 0 fully saturated rings. The van der Waals surface area contributed by atoms with Crippen LogP contribution in [-0.2, 0) is 19.3 Å². The summed E-state index contributed by atoms with van der Waals surface area (Å²) in [6.45, 7) is 0. The molecule has 0 atom stereocenters. The van der Waals surface area contributed by atoms with Gasteiger partial charge in [-0.1, -0.05) is 25.0 Å². The maximum absolute atomic E-state index is 12.5. The smallest absolute Gasteiger partial charge is 0.265 e. The van der Waals surface area contributed by atoms with Gasteiger partial charge in [-0.15, -0.1) is 11.3 Å². The molecule has 1 aromatic heterocycles. The van der Waals surface area contributed by atoms with Gasteiger partial charge in [0.2, 0.25) is 0 Å². The lowest BCUT2D eigenvalue weighted by Crippen LogP contribution is -2.10. The molecule has 0 bridgehead atoms. The van der Waals surface area contributed by atoms with Crippen LogP contribution in [0.5, 0.6) is 0 Å². The lowest BCUT2D eigenvalue weighted by molar-refractivity contribution is 0.103. The van der Waals surface area contributed by atoms with Gasteiger partial charge in [0.1, 0.15) is 0 Å². The number of fused-ring (bicyclic) bond motifs is 1. The molecule has 0 spiro atoms. The SMILES string of the molecule is N#CCc1ccc(NC(=O)c2cc3c(s2)CCCCCC3)cc1. The van der Waals surface area contributed by atoms with Gasteiger partial charge in [0.25, 0.3) is 5.91 Å². The van der Waals surface area contributed by atoms with Crippen LogP contribution in [0.1, 0.15) is 51.4 Å². The Hall–Kier alpha value is -2.12. The zero-order valence-corrected chi connectivity index (χ0v) is 13.9. The molecule has 1 amide bonds. The lowest BCUT2D eigenvalue weighted by Gasteiger charge is -2.07. The van der Waals surface area contributed by atoms with Gasteiger partial charge in [-0.3, -0.25) is 4.79 Å². The lowest BCUT2D eigenvalue weighted by atomic mass is 10.00. The number of carbonyl (C=O) groups is 1. The molecule has 118 valence electrons. The monoisotopic (exact) mass is 324 g/mol. The summed E-state index contributed by atoms with van der Waals surface area (Å²) in [4.78, 5) is 14.7. The average Bonchev–Trinajstić information content (AvgIpc) is 2.92. The predicted molar refractivity (Wildman–Crippen MR) is 93.9 cm³/mol. The van der Waals surface area contributed by atoms with Crippen LogP contribution in [0.3, 0.4) is 0 Å². The summed E-state index contributed by atoms with van der Waals surface area (Å²) in [5, 5.41) is 11.6. The molecule has 3 rings (SSSR count). The first-order chi connectivity index (χ1) is 11.3. The van der Waals surface area contributed by atoms with Crippen LogP contribution >= 0.6 is 11.3 Å². The highest BCUT2D eigenvalue weighted by atomic mass is 32.1. The Morgan fingerprint density at radius 3 is 2.61 bits per heavy atom. The number of amides is 1. The van der Waals surface area contributed by atoms with Crippen LogP contribution in [-0.4, -0.2) is 5.91 Å². The fourth-order valence-electron chi connectivity index (χ4n) is 2.95. The molecule has 23 heavy (non-hydrogen) atoms. The number of nitrogens with zero attached hydrogens (tertiary/aromatic N) is 1. The van der Waals surface area contributed by atoms with Gasteiger partial charge in [0.15, 0.2) is 0 Å². The normalized spacial score (nSPS) is 14.2. The van der Waals surface area contributed by atoms with E-state index >= 15 is 0 Å². The summed E-state index contributed by atoms with van der Waals surface area (Å²) in [6, 6.07) is 11.7. The van der Waals surface area contributed by atoms with Crippen LogP contribution in [0.25, 0.3) is 0 Å². The van der Waals surface area contributed by atoms with Crippen LogP contribution in [0.15, 0.2) is 30.3 Å². The van der Waals surface area contributed by atoms with Crippen LogP contribution in [0.2, 0.25) is 0 Å². The number of thiophene rings is 1. The summed E-state index contributed by atoms with van der Waals surface area (Å²) in [6.07, 6.45) is 7.66. The first kappa shape index (κ1) is 15.8. The van der Waals surface area contributed by atoms with Crippen molar-refractivity contribution < 1.29 is 4.79 Å². The van der Waals surface area contributed by atoms with Crippen molar-refractivity contribution >= 4 is 22.9 Å². The van der Waals surface area contributed by atoms with E-state index < -0.39 is 0 Å². The van der Waals surface area contributed by atoms with Crippen molar-refractivity contribution in [3.63, 3.8) is 0 Å². The molecule has 0 aliphatic heterocycles. The van der Waals surface area contributed by atoms with Crippen molar-refractivity contribution in [1.82, 2.24) is 0 Å². The summed E-state index contributed by atoms with van der Waals surface area (Å²) in [7, 11) is 0. The second kappa shape index (κ2) is 7.43. The summed E-state index contributed by atoms with van der Waals surface area (Å²) in [5.41, 5.74) is 3.10. The largest absolute Gasteiger partial charge is 0.321 e. The maximum Gasteiger partial charge on any atom is 0.265 e. The van der Waals surface area contributed by atoms with Crippen LogP contribution in [0.4, 0.5) is 5.69 Å². The van der Waals surface area contributed by atoms with Crippen molar-refractivity contribution in [2.75, 3.05) is 5.32 Å². The number of hydrogen-bond donors (Lipinski definition) is 1. The minimum absolute atomic E-state index is 0.0326. The average molecular weight is 324 g/mol. The van der Waals surface area contributed by atoms with Gasteiger partial charge in [-0.2, -0.15) is 5.26 Å². The second-order valence-corrected chi connectivity index (χ2v) is 7.10. The van der Waals surface area contributed by atoms with E-state index in [1.807, 2.05) is 24.3 Å². The first-order valence-corrected chi connectivity index (χ1v) is 8.97. The minimum atomic E-state index is -0.0326. The van der Waals surface area contributed by atoms with E-state index in [4.69, 9.17) is 5.26 Å². The number of nitrogens with one attached hydrogen (secondary N) is 1. The molecule has 2 aromatic rings. The van der Waals surface area contributed by atoms with Crippen molar-refractivity contribution in [2.24, 2.45) is 0 Å². The molecule has 1 aromatic carbocycles. The minimum Gasteiger partial charge on any atom is -0.321 e. The maximum atomic E-state index is 12.5. The molecule has 0 saturated heterocycles. The predicted octanol–water partition coefficient (Wildman–Crippen LogP) is 4.73. The zero-order chi connectivity index (χ0) is 16.1. The van der Waals surface area contributed by atoms with E-state index in [9.17, 15) is 4.79 Å². The summed E-state index contributed by atoms with van der Waals surface area (Å²) >= 11 is 1.64. The van der Waals surface area contributed by atoms with Gasteiger partial charge >= 0.3 is 0 Å². The van der Waals surface area contributed by atoms with Gasteiger partial charge in [-0.05, 0) is 55.0 Å². The third-order valence-electron chi connectivity index (χ3n) is 4.22. The van der Waals surface area contributed by atoms with Crippen molar-refractivity contribution in [3.05, 3.63) is 51.2 Å². The molecule has 4 heteroatoms. The number of benzene rings is 1. The van der Waals surface area contributed by atoms with E-state index in [2.05, 4.69) is 17.5 Å². The van der Waals surface area contributed by atoms with Crippen LogP contribution in [0, 0.1) is 11.3 Å². The highest BCUT2D eigenvalue weighted by Crippen LogP contribution is 2.29. The molecule has 0 saturated carbocycles. The van der Waals surface area contributed by atoms with E-state index in [1.54, 1.807) is 11.3 Å². The molecule has 0 unspecified atom stereocenters. The van der Waals surface area contributed by atoms with Crippen molar-refractivity contribution in [2.45, 2.75) is 44.9 Å². The number of aryl methyl sites for hydroxylation is 2. The van der Waals surface area contributed by atoms with Gasteiger partial charge in [-0.25, -0.2) is 0 Å². The second-order valence-electron chi connectivity index (χ2n) is 5.96. The number of hydrogen-bond acceptors (Lipinski definition) is 3. The van der Waals surface area contributed by atoms with Crippen LogP contribution < -0.4 is 5.32 Å². The highest BCUT2D eigenvalue weighted by Gasteiger charge is 2.16. The summed E-state index contributed by atoms with van der Waals surface area (Å²) in [5.74, 6) is -0.0326. The Bertz CT molecular complexity index is 699. The van der Waals surface area contributed by atoms with E-state index in [-0.39, 0.29) is 5.91 Å². The zero-order valence-electron chi connectivity index (χ0n) is 13.1. The highest BCUT2D eigenvalue weighted by molar-refractivity contribution is 7.14. The third kappa shape index (κ3) is 4.00. The number of nitriles is 1. The number of carbonyl (C=O) groups excluding carboxylic acids is 1. The first-order valence-electron chi connectivity index (χ1n) is 8.15. The van der Waals surface area contributed by atoms with E-state index in [1.165, 1.54) is 36.1 Å². The Morgan fingerprint density at radius 2 is 1.87 bits per heavy atom. The van der Waals surface area contributed by atoms with Gasteiger partial charge in [0, 0.05) is 10.6 Å². The van der Waals surface area contributed by atoms with Gasteiger partial charge in [0.05, 0.1) is 17.4 Å². The van der Waals surface area contributed by atoms with Gasteiger partial charge < -0.3 is 5.32 Å². The molecular weight excluding hydrogens is 304 g/mol. The Balaban J connectivity index is 1.70. The third-order valence-corrected chi connectivity index (χ3v) is 5.45. The molecular formula is C19H20N2OS. The Morgan fingerprint density at radius 1 is 1.13 bits per heavy atom. The fraction of sp³-hybridized carbons (Fsp3) is 0.368. The molecule has 1 aliphatic rings. The molecule has 1 N–H and O–H groups in total. The standard InChI is InChI=1S/C19H20N2OS/c20-12-11-14-7-9-16(10-8-14)21-19(22)18-13-15-5-3-1-2-4-6-17(15)23-18/h7-10,13H,1-6,11H2,(H,21,22). The fourth-order valence-corrected chi connectivity index (χ4v) is 4.09. The summed E-state index contributed by atoms with van der Waals surface area (Å²) < 4.78 is 0. The van der Waals surface area contributed by atoms with Crippen molar-refractivity contribution in [3.8, 4) is 6.07 Å². The Labute approximate surface area is 141 Å². The molecule has 0 radical (unpaired) electrons. The number of rotatable bonds is 3. The number of anilines is 1. The topological polar surface area (TPSA) is 52.9 Å². The molecule has 1 aliphatic carbocycles. The van der Waals surface area contributed by atoms with E-state index in [0.29, 0.717) is 6.42 Å². The molecule has 1 heterocycles. The Kier molecular flexibility index (Phi) is 5.09. The van der Waals surface area contributed by atoms with E-state index in [0.717, 1.165) is 29.0 Å².